The smallest absolute Gasteiger partial charge is 0.407 e. The van der Waals surface area contributed by atoms with Crippen molar-refractivity contribution in [3.05, 3.63) is 35.4 Å². The molecule has 1 heterocycles. The number of aliphatic imine (C=N–C) groups is 1. The molecule has 1 fully saturated rings. The van der Waals surface area contributed by atoms with Gasteiger partial charge in [0.1, 0.15) is 5.60 Å². The first kappa shape index (κ1) is 22.0. The third-order valence-corrected chi connectivity index (χ3v) is 4.36. The Morgan fingerprint density at radius 1 is 1.29 bits per heavy atom. The van der Waals surface area contributed by atoms with Gasteiger partial charge < -0.3 is 25.0 Å². The molecule has 7 heteroatoms. The van der Waals surface area contributed by atoms with Crippen LogP contribution in [-0.4, -0.2) is 55.3 Å². The van der Waals surface area contributed by atoms with E-state index in [1.54, 1.807) is 7.11 Å². The number of nitrogens with one attached hydrogen (secondary N) is 2. The van der Waals surface area contributed by atoms with Crippen LogP contribution in [0.15, 0.2) is 29.3 Å². The third-order valence-electron chi connectivity index (χ3n) is 4.36. The van der Waals surface area contributed by atoms with Crippen molar-refractivity contribution in [2.45, 2.75) is 58.9 Å². The molecule has 1 aliphatic rings. The summed E-state index contributed by atoms with van der Waals surface area (Å²) in [4.78, 5) is 19.0. The van der Waals surface area contributed by atoms with Gasteiger partial charge >= 0.3 is 6.09 Å². The predicted octanol–water partition coefficient (Wildman–Crippen LogP) is 2.90. The quantitative estimate of drug-likeness (QED) is 0.577. The molecule has 0 radical (unpaired) electrons. The maximum Gasteiger partial charge on any atom is 0.407 e. The van der Waals surface area contributed by atoms with E-state index in [1.807, 2.05) is 32.9 Å². The van der Waals surface area contributed by atoms with E-state index in [0.29, 0.717) is 19.7 Å². The minimum atomic E-state index is -0.492. The fourth-order valence-corrected chi connectivity index (χ4v) is 3.14. The number of alkyl carbamates (subject to hydrolysis) is 1. The molecule has 0 saturated carbocycles. The van der Waals surface area contributed by atoms with Crippen molar-refractivity contribution in [2.24, 2.45) is 4.99 Å². The van der Waals surface area contributed by atoms with Gasteiger partial charge in [-0.25, -0.2) is 9.79 Å². The molecule has 2 N–H and O–H groups in total. The summed E-state index contributed by atoms with van der Waals surface area (Å²) in [7, 11) is 1.70. The molecule has 28 heavy (non-hydrogen) atoms. The number of carbonyl (C=O) groups excluding carboxylic acids is 1. The van der Waals surface area contributed by atoms with Crippen molar-refractivity contribution >= 4 is 12.1 Å². The second kappa shape index (κ2) is 10.3. The van der Waals surface area contributed by atoms with Crippen LogP contribution in [0, 0.1) is 0 Å². The molecule has 7 nitrogen and oxygen atoms in total. The summed E-state index contributed by atoms with van der Waals surface area (Å²) in [6.45, 7) is 11.2. The summed E-state index contributed by atoms with van der Waals surface area (Å²) in [5.41, 5.74) is 1.81. The molecule has 156 valence electrons. The average molecular weight is 391 g/mol. The summed E-state index contributed by atoms with van der Waals surface area (Å²) in [6.07, 6.45) is 0.499. The molecule has 2 rings (SSSR count). The highest BCUT2D eigenvalue weighted by Gasteiger charge is 2.27. The number of amides is 1. The first-order valence-corrected chi connectivity index (χ1v) is 9.91. The van der Waals surface area contributed by atoms with E-state index < -0.39 is 5.60 Å². The molecular weight excluding hydrogens is 356 g/mol. The number of nitrogens with zero attached hydrogens (tertiary/aromatic N) is 2. The highest BCUT2D eigenvalue weighted by Crippen LogP contribution is 2.14. The Bertz CT molecular complexity index is 670. The van der Waals surface area contributed by atoms with Gasteiger partial charge in [0.25, 0.3) is 0 Å². The Hall–Kier alpha value is -2.28. The van der Waals surface area contributed by atoms with Crippen molar-refractivity contribution in [1.29, 1.82) is 0 Å². The molecule has 0 spiro atoms. The van der Waals surface area contributed by atoms with E-state index in [1.165, 1.54) is 0 Å². The number of rotatable bonds is 6. The molecule has 1 atom stereocenters. The van der Waals surface area contributed by atoms with Gasteiger partial charge in [-0.1, -0.05) is 24.3 Å². The first-order chi connectivity index (χ1) is 13.3. The van der Waals surface area contributed by atoms with Gasteiger partial charge in [-0.05, 0) is 45.2 Å². The minimum Gasteiger partial charge on any atom is -0.444 e. The summed E-state index contributed by atoms with van der Waals surface area (Å²) in [6, 6.07) is 8.24. The largest absolute Gasteiger partial charge is 0.444 e. The van der Waals surface area contributed by atoms with E-state index in [-0.39, 0.29) is 12.1 Å². The number of benzene rings is 1. The van der Waals surface area contributed by atoms with Crippen LogP contribution in [0.4, 0.5) is 4.79 Å². The molecular formula is C21H34N4O3. The van der Waals surface area contributed by atoms with Crippen LogP contribution >= 0.6 is 0 Å². The Kier molecular flexibility index (Phi) is 8.11. The van der Waals surface area contributed by atoms with E-state index in [0.717, 1.165) is 36.6 Å². The molecule has 1 aromatic carbocycles. The second-order valence-corrected chi connectivity index (χ2v) is 7.95. The minimum absolute atomic E-state index is 0.0551. The molecule has 1 unspecified atom stereocenters. The van der Waals surface area contributed by atoms with Gasteiger partial charge in [-0.2, -0.15) is 0 Å². The fraction of sp³-hybridized carbons (Fsp3) is 0.619. The van der Waals surface area contributed by atoms with Gasteiger partial charge in [0.05, 0.1) is 19.2 Å². The second-order valence-electron chi connectivity index (χ2n) is 7.95. The molecule has 1 amide bonds. The normalized spacial score (nSPS) is 17.5. The summed E-state index contributed by atoms with van der Waals surface area (Å²) in [5, 5.41) is 6.32. The highest BCUT2D eigenvalue weighted by molar-refractivity contribution is 5.80. The topological polar surface area (TPSA) is 75.2 Å². The van der Waals surface area contributed by atoms with Crippen LogP contribution < -0.4 is 10.6 Å². The summed E-state index contributed by atoms with van der Waals surface area (Å²) in [5.74, 6) is 0.864. The number of hydrogen-bond acceptors (Lipinski definition) is 4. The Morgan fingerprint density at radius 2 is 2.00 bits per heavy atom. The predicted molar refractivity (Wildman–Crippen MR) is 111 cm³/mol. The average Bonchev–Trinajstić information content (AvgIpc) is 3.06. The zero-order chi connectivity index (χ0) is 20.6. The van der Waals surface area contributed by atoms with E-state index in [2.05, 4.69) is 34.6 Å². The molecule has 0 aliphatic carbocycles. The molecule has 1 aromatic rings. The first-order valence-electron chi connectivity index (χ1n) is 9.91. The van der Waals surface area contributed by atoms with Crippen molar-refractivity contribution in [2.75, 3.05) is 26.7 Å². The third kappa shape index (κ3) is 7.03. The molecule has 0 bridgehead atoms. The SMILES string of the molecule is CCNC(=NCc1ccccc1COC)N1CCC(NC(=O)OC(C)(C)C)C1. The van der Waals surface area contributed by atoms with Crippen LogP contribution in [0.2, 0.25) is 0 Å². The van der Waals surface area contributed by atoms with Crippen molar-refractivity contribution < 1.29 is 14.3 Å². The van der Waals surface area contributed by atoms with Gasteiger partial charge in [0, 0.05) is 26.7 Å². The molecule has 1 saturated heterocycles. The van der Waals surface area contributed by atoms with Gasteiger partial charge in [0.15, 0.2) is 5.96 Å². The lowest BCUT2D eigenvalue weighted by atomic mass is 10.1. The van der Waals surface area contributed by atoms with E-state index in [9.17, 15) is 4.79 Å². The van der Waals surface area contributed by atoms with Gasteiger partial charge in [0.2, 0.25) is 0 Å². The number of guanidine groups is 1. The zero-order valence-corrected chi connectivity index (χ0v) is 17.7. The monoisotopic (exact) mass is 390 g/mol. The van der Waals surface area contributed by atoms with Gasteiger partial charge in [-0.15, -0.1) is 0 Å². The zero-order valence-electron chi connectivity index (χ0n) is 17.7. The Balaban J connectivity index is 1.98. The lowest BCUT2D eigenvalue weighted by molar-refractivity contribution is 0.0507. The Labute approximate surface area is 168 Å². The van der Waals surface area contributed by atoms with Crippen LogP contribution in [0.25, 0.3) is 0 Å². The summed E-state index contributed by atoms with van der Waals surface area (Å²) >= 11 is 0. The lowest BCUT2D eigenvalue weighted by Crippen LogP contribution is -2.44. The summed E-state index contributed by atoms with van der Waals surface area (Å²) < 4.78 is 10.6. The molecule has 1 aliphatic heterocycles. The van der Waals surface area contributed by atoms with Crippen LogP contribution in [0.1, 0.15) is 45.2 Å². The van der Waals surface area contributed by atoms with Crippen molar-refractivity contribution in [3.63, 3.8) is 0 Å². The Morgan fingerprint density at radius 3 is 2.64 bits per heavy atom. The van der Waals surface area contributed by atoms with E-state index >= 15 is 0 Å². The number of carbonyl (C=O) groups is 1. The number of likely N-dealkylation sites (tertiary alicyclic amines) is 1. The van der Waals surface area contributed by atoms with Crippen LogP contribution in [-0.2, 0) is 22.6 Å². The standard InChI is InChI=1S/C21H34N4O3/c1-6-22-19(23-13-16-9-7-8-10-17(16)15-27-5)25-12-11-18(14-25)24-20(26)28-21(2,3)4/h7-10,18H,6,11-15H2,1-5H3,(H,22,23)(H,24,26). The van der Waals surface area contributed by atoms with Gasteiger partial charge in [-0.3, -0.25) is 0 Å². The maximum atomic E-state index is 12.0. The number of hydrogen-bond donors (Lipinski definition) is 2. The van der Waals surface area contributed by atoms with Crippen LogP contribution in [0.3, 0.4) is 0 Å². The van der Waals surface area contributed by atoms with Crippen molar-refractivity contribution in [1.82, 2.24) is 15.5 Å². The number of methoxy groups -OCH3 is 1. The fourth-order valence-electron chi connectivity index (χ4n) is 3.14. The van der Waals surface area contributed by atoms with Crippen LogP contribution in [0.5, 0.6) is 0 Å². The molecule has 0 aromatic heterocycles. The lowest BCUT2D eigenvalue weighted by Gasteiger charge is -2.23. The highest BCUT2D eigenvalue weighted by atomic mass is 16.6. The maximum absolute atomic E-state index is 12.0. The number of ether oxygens (including phenoxy) is 2. The van der Waals surface area contributed by atoms with E-state index in [4.69, 9.17) is 14.5 Å². The van der Waals surface area contributed by atoms with Crippen molar-refractivity contribution in [3.8, 4) is 0 Å².